The number of hydrazone groups is 1. The highest BCUT2D eigenvalue weighted by Gasteiger charge is 2.16. The third kappa shape index (κ3) is 6.23. The van der Waals surface area contributed by atoms with Crippen LogP contribution in [0.4, 0.5) is 5.69 Å². The fraction of sp³-hybridized carbons (Fsp3) is 0.0870. The number of amides is 1. The van der Waals surface area contributed by atoms with Crippen molar-refractivity contribution < 1.29 is 24.0 Å². The maximum atomic E-state index is 12.1. The highest BCUT2D eigenvalue weighted by atomic mass is 16.6. The Kier molecular flexibility index (Phi) is 7.26. The molecule has 0 fully saturated rings. The van der Waals surface area contributed by atoms with Gasteiger partial charge in [-0.15, -0.1) is 0 Å². The monoisotopic (exact) mass is 433 g/mol. The summed E-state index contributed by atoms with van der Waals surface area (Å²) in [6, 6.07) is 19.6. The number of nitrogens with one attached hydrogen (secondary N) is 1. The van der Waals surface area contributed by atoms with Crippen molar-refractivity contribution in [2.75, 3.05) is 6.61 Å². The number of aryl methyl sites for hydroxylation is 1. The number of ether oxygens (including phenoxy) is 2. The van der Waals surface area contributed by atoms with Gasteiger partial charge in [-0.1, -0.05) is 36.4 Å². The summed E-state index contributed by atoms with van der Waals surface area (Å²) in [5.41, 5.74) is 3.77. The van der Waals surface area contributed by atoms with Crippen LogP contribution in [0.5, 0.6) is 11.5 Å². The van der Waals surface area contributed by atoms with Crippen molar-refractivity contribution in [2.45, 2.75) is 6.92 Å². The lowest BCUT2D eigenvalue weighted by Gasteiger charge is -2.06. The Morgan fingerprint density at radius 2 is 1.84 bits per heavy atom. The molecule has 0 spiro atoms. The van der Waals surface area contributed by atoms with Gasteiger partial charge in [0.2, 0.25) is 0 Å². The zero-order valence-electron chi connectivity index (χ0n) is 17.1. The summed E-state index contributed by atoms with van der Waals surface area (Å²) in [4.78, 5) is 34.6. The number of hydrogen-bond donors (Lipinski definition) is 1. The van der Waals surface area contributed by atoms with Crippen molar-refractivity contribution in [2.24, 2.45) is 5.10 Å². The van der Waals surface area contributed by atoms with E-state index < -0.39 is 23.4 Å². The van der Waals surface area contributed by atoms with Crippen LogP contribution < -0.4 is 14.9 Å². The zero-order valence-corrected chi connectivity index (χ0v) is 17.1. The van der Waals surface area contributed by atoms with Crippen molar-refractivity contribution in [1.29, 1.82) is 0 Å². The average molecular weight is 433 g/mol. The van der Waals surface area contributed by atoms with E-state index in [0.29, 0.717) is 22.4 Å². The highest BCUT2D eigenvalue weighted by molar-refractivity contribution is 5.91. The van der Waals surface area contributed by atoms with E-state index in [1.54, 1.807) is 67.6 Å². The normalized spacial score (nSPS) is 10.5. The summed E-state index contributed by atoms with van der Waals surface area (Å²) >= 11 is 0. The Bertz CT molecular complexity index is 1160. The van der Waals surface area contributed by atoms with Gasteiger partial charge in [-0.25, -0.2) is 10.2 Å². The van der Waals surface area contributed by atoms with E-state index in [0.717, 1.165) is 0 Å². The molecule has 3 rings (SSSR count). The molecule has 3 aromatic carbocycles. The molecule has 3 aromatic rings. The molecule has 9 heteroatoms. The second-order valence-corrected chi connectivity index (χ2v) is 6.64. The number of esters is 1. The Hall–Kier alpha value is -4.53. The molecule has 0 saturated carbocycles. The Labute approximate surface area is 183 Å². The first-order valence-electron chi connectivity index (χ1n) is 9.49. The van der Waals surface area contributed by atoms with Crippen molar-refractivity contribution >= 4 is 23.8 Å². The van der Waals surface area contributed by atoms with E-state index in [1.807, 2.05) is 0 Å². The highest BCUT2D eigenvalue weighted by Crippen LogP contribution is 2.27. The van der Waals surface area contributed by atoms with Crippen molar-refractivity contribution in [1.82, 2.24) is 5.43 Å². The molecule has 0 aromatic heterocycles. The van der Waals surface area contributed by atoms with Crippen LogP contribution in [0.2, 0.25) is 0 Å². The van der Waals surface area contributed by atoms with Gasteiger partial charge in [-0.2, -0.15) is 5.10 Å². The first-order chi connectivity index (χ1) is 15.4. The standard InChI is InChI=1S/C23H19N3O6/c1-16-10-11-21(20(12-16)26(29)30)31-15-22(27)25-24-14-17-6-5-9-19(13-17)32-23(28)18-7-3-2-4-8-18/h2-14H,15H2,1H3,(H,25,27)/b24-14+. The Morgan fingerprint density at radius 1 is 1.06 bits per heavy atom. The summed E-state index contributed by atoms with van der Waals surface area (Å²) in [7, 11) is 0. The number of carbonyl (C=O) groups excluding carboxylic acids is 2. The minimum absolute atomic E-state index is 0.00679. The smallest absolute Gasteiger partial charge is 0.343 e. The van der Waals surface area contributed by atoms with E-state index in [9.17, 15) is 19.7 Å². The van der Waals surface area contributed by atoms with Gasteiger partial charge in [0.05, 0.1) is 16.7 Å². The number of hydrogen-bond acceptors (Lipinski definition) is 7. The fourth-order valence-electron chi connectivity index (χ4n) is 2.65. The second kappa shape index (κ2) is 10.5. The lowest BCUT2D eigenvalue weighted by Crippen LogP contribution is -2.24. The van der Waals surface area contributed by atoms with E-state index in [1.165, 1.54) is 18.3 Å². The van der Waals surface area contributed by atoms with Crippen LogP contribution in [0.3, 0.4) is 0 Å². The molecule has 0 atom stereocenters. The maximum absolute atomic E-state index is 12.1. The van der Waals surface area contributed by atoms with Gasteiger partial charge < -0.3 is 9.47 Å². The van der Waals surface area contributed by atoms with Crippen LogP contribution in [-0.4, -0.2) is 29.6 Å². The van der Waals surface area contributed by atoms with Gasteiger partial charge in [0.25, 0.3) is 5.91 Å². The number of benzene rings is 3. The predicted molar refractivity (Wildman–Crippen MR) is 117 cm³/mol. The Balaban J connectivity index is 1.54. The van der Waals surface area contributed by atoms with Gasteiger partial charge in [0.15, 0.2) is 12.4 Å². The van der Waals surface area contributed by atoms with Gasteiger partial charge in [-0.3, -0.25) is 14.9 Å². The maximum Gasteiger partial charge on any atom is 0.343 e. The van der Waals surface area contributed by atoms with Crippen molar-refractivity contribution in [3.63, 3.8) is 0 Å². The SMILES string of the molecule is Cc1ccc(OCC(=O)N/N=C/c2cccc(OC(=O)c3ccccc3)c2)c([N+](=O)[O-])c1. The molecular weight excluding hydrogens is 414 g/mol. The number of nitrogens with zero attached hydrogens (tertiary/aromatic N) is 2. The number of nitro groups is 1. The van der Waals surface area contributed by atoms with Crippen molar-refractivity contribution in [3.8, 4) is 11.5 Å². The zero-order chi connectivity index (χ0) is 22.9. The third-order valence-corrected chi connectivity index (χ3v) is 4.15. The molecule has 0 unspecified atom stereocenters. The topological polar surface area (TPSA) is 120 Å². The third-order valence-electron chi connectivity index (χ3n) is 4.15. The molecule has 0 aliphatic heterocycles. The fourth-order valence-corrected chi connectivity index (χ4v) is 2.65. The van der Waals surface area contributed by atoms with Crippen LogP contribution in [-0.2, 0) is 4.79 Å². The van der Waals surface area contributed by atoms with Crippen LogP contribution in [0.15, 0.2) is 77.9 Å². The summed E-state index contributed by atoms with van der Waals surface area (Å²) in [6.07, 6.45) is 1.37. The molecule has 0 aliphatic carbocycles. The second-order valence-electron chi connectivity index (χ2n) is 6.64. The summed E-state index contributed by atoms with van der Waals surface area (Å²) in [6.45, 7) is 1.27. The molecule has 1 amide bonds. The number of nitro benzene ring substituents is 1. The minimum atomic E-state index is -0.595. The van der Waals surface area contributed by atoms with Gasteiger partial charge >= 0.3 is 11.7 Å². The first-order valence-corrected chi connectivity index (χ1v) is 9.49. The summed E-state index contributed by atoms with van der Waals surface area (Å²) in [5, 5.41) is 14.9. The Morgan fingerprint density at radius 3 is 2.59 bits per heavy atom. The lowest BCUT2D eigenvalue weighted by molar-refractivity contribution is -0.385. The first kappa shape index (κ1) is 22.2. The van der Waals surface area contributed by atoms with E-state index in [2.05, 4.69) is 10.5 Å². The van der Waals surface area contributed by atoms with Crippen LogP contribution in [0.25, 0.3) is 0 Å². The molecule has 0 saturated heterocycles. The number of rotatable bonds is 8. The summed E-state index contributed by atoms with van der Waals surface area (Å²) in [5.74, 6) is -0.769. The molecule has 9 nitrogen and oxygen atoms in total. The molecule has 0 radical (unpaired) electrons. The predicted octanol–water partition coefficient (Wildman–Crippen LogP) is 3.65. The molecule has 162 valence electrons. The minimum Gasteiger partial charge on any atom is -0.477 e. The molecule has 0 aliphatic rings. The quantitative estimate of drug-likeness (QED) is 0.190. The lowest BCUT2D eigenvalue weighted by atomic mass is 10.2. The van der Waals surface area contributed by atoms with Gasteiger partial charge in [0.1, 0.15) is 5.75 Å². The summed E-state index contributed by atoms with van der Waals surface area (Å²) < 4.78 is 10.6. The van der Waals surface area contributed by atoms with Crippen LogP contribution >= 0.6 is 0 Å². The largest absolute Gasteiger partial charge is 0.477 e. The van der Waals surface area contributed by atoms with E-state index in [4.69, 9.17) is 9.47 Å². The van der Waals surface area contributed by atoms with Crippen LogP contribution in [0.1, 0.15) is 21.5 Å². The molecule has 1 N–H and O–H groups in total. The van der Waals surface area contributed by atoms with Crippen molar-refractivity contribution in [3.05, 3.63) is 99.6 Å². The van der Waals surface area contributed by atoms with Gasteiger partial charge in [0, 0.05) is 6.07 Å². The molecular formula is C23H19N3O6. The molecule has 0 heterocycles. The molecule has 32 heavy (non-hydrogen) atoms. The van der Waals surface area contributed by atoms with E-state index >= 15 is 0 Å². The van der Waals surface area contributed by atoms with Crippen LogP contribution in [0, 0.1) is 17.0 Å². The molecule has 0 bridgehead atoms. The van der Waals surface area contributed by atoms with Gasteiger partial charge in [-0.05, 0) is 48.4 Å². The van der Waals surface area contributed by atoms with E-state index in [-0.39, 0.29) is 11.4 Å². The average Bonchev–Trinajstić information content (AvgIpc) is 2.79. The number of carbonyl (C=O) groups is 2.